The molecule has 0 aromatic heterocycles. The second-order valence-corrected chi connectivity index (χ2v) is 4.73. The first-order chi connectivity index (χ1) is 8.41. The Hall–Kier alpha value is -1.50. The molecule has 0 radical (unpaired) electrons. The van der Waals surface area contributed by atoms with Gasteiger partial charge in [-0.25, -0.2) is 8.78 Å². The van der Waals surface area contributed by atoms with Gasteiger partial charge in [-0.1, -0.05) is 0 Å². The van der Waals surface area contributed by atoms with E-state index in [1.807, 2.05) is 0 Å². The molecule has 1 heterocycles. The van der Waals surface area contributed by atoms with Gasteiger partial charge in [-0.05, 0) is 28.1 Å². The fraction of sp³-hybridized carbons (Fsp3) is 0.273. The highest BCUT2D eigenvalue weighted by molar-refractivity contribution is 9.10. The topological polar surface area (TPSA) is 57.6 Å². The molecule has 1 fully saturated rings. The van der Waals surface area contributed by atoms with Crippen molar-refractivity contribution in [3.63, 3.8) is 0 Å². The van der Waals surface area contributed by atoms with E-state index in [0.29, 0.717) is 0 Å². The highest BCUT2D eigenvalue weighted by Crippen LogP contribution is 2.32. The molecule has 1 saturated heterocycles. The zero-order valence-corrected chi connectivity index (χ0v) is 10.6. The average Bonchev–Trinajstić information content (AvgIpc) is 2.69. The van der Waals surface area contributed by atoms with Crippen LogP contribution in [0.4, 0.5) is 14.5 Å². The van der Waals surface area contributed by atoms with Gasteiger partial charge in [0.05, 0.1) is 16.1 Å². The van der Waals surface area contributed by atoms with Crippen LogP contribution in [0.1, 0.15) is 6.42 Å². The number of aliphatic carboxylic acids is 1. The van der Waals surface area contributed by atoms with Gasteiger partial charge in [-0.2, -0.15) is 0 Å². The van der Waals surface area contributed by atoms with Crippen molar-refractivity contribution < 1.29 is 23.5 Å². The molecule has 0 aliphatic carbocycles. The Morgan fingerprint density at radius 1 is 1.44 bits per heavy atom. The first kappa shape index (κ1) is 12.9. The highest BCUT2D eigenvalue weighted by atomic mass is 79.9. The smallest absolute Gasteiger partial charge is 0.308 e. The minimum Gasteiger partial charge on any atom is -0.481 e. The number of amides is 1. The van der Waals surface area contributed by atoms with Crippen LogP contribution in [0.3, 0.4) is 0 Å². The Morgan fingerprint density at radius 2 is 2.11 bits per heavy atom. The molecule has 0 bridgehead atoms. The van der Waals surface area contributed by atoms with E-state index in [4.69, 9.17) is 5.11 Å². The Kier molecular flexibility index (Phi) is 3.34. The summed E-state index contributed by atoms with van der Waals surface area (Å²) in [4.78, 5) is 23.4. The van der Waals surface area contributed by atoms with E-state index in [1.165, 1.54) is 0 Å². The van der Waals surface area contributed by atoms with Crippen molar-refractivity contribution in [3.05, 3.63) is 28.2 Å². The van der Waals surface area contributed by atoms with Gasteiger partial charge in [-0.15, -0.1) is 0 Å². The molecular formula is C11H8BrF2NO3. The van der Waals surface area contributed by atoms with Crippen LogP contribution in [-0.2, 0) is 9.59 Å². The zero-order valence-electron chi connectivity index (χ0n) is 8.99. The summed E-state index contributed by atoms with van der Waals surface area (Å²) in [6.07, 6.45) is -0.177. The fourth-order valence-electron chi connectivity index (χ4n) is 1.83. The number of benzene rings is 1. The standard InChI is InChI=1S/C11H8BrF2NO3/c12-9-6(13)1-2-7(10(9)14)15-4-5(11(17)18)3-8(15)16/h1-2,5H,3-4H2,(H,17,18). The van der Waals surface area contributed by atoms with Crippen molar-refractivity contribution in [1.29, 1.82) is 0 Å². The summed E-state index contributed by atoms with van der Waals surface area (Å²) in [6, 6.07) is 2.14. The van der Waals surface area contributed by atoms with Gasteiger partial charge >= 0.3 is 5.97 Å². The lowest BCUT2D eigenvalue weighted by Gasteiger charge is -2.17. The third-order valence-electron chi connectivity index (χ3n) is 2.78. The summed E-state index contributed by atoms with van der Waals surface area (Å²) >= 11 is 2.74. The molecule has 7 heteroatoms. The second-order valence-electron chi connectivity index (χ2n) is 3.94. The van der Waals surface area contributed by atoms with Gasteiger partial charge in [0.15, 0.2) is 5.82 Å². The van der Waals surface area contributed by atoms with Crippen molar-refractivity contribution in [3.8, 4) is 0 Å². The molecule has 2 rings (SSSR count). The van der Waals surface area contributed by atoms with E-state index in [-0.39, 0.29) is 23.1 Å². The van der Waals surface area contributed by atoms with E-state index in [2.05, 4.69) is 15.9 Å². The molecule has 0 saturated carbocycles. The van der Waals surface area contributed by atoms with Crippen LogP contribution < -0.4 is 4.90 Å². The van der Waals surface area contributed by atoms with Crippen LogP contribution in [0.5, 0.6) is 0 Å². The lowest BCUT2D eigenvalue weighted by molar-refractivity contribution is -0.141. The Labute approximate surface area is 109 Å². The predicted octanol–water partition coefficient (Wildman–Crippen LogP) is 2.16. The fourth-order valence-corrected chi connectivity index (χ4v) is 2.17. The van der Waals surface area contributed by atoms with Crippen LogP contribution >= 0.6 is 15.9 Å². The summed E-state index contributed by atoms with van der Waals surface area (Å²) in [5.74, 6) is -4.14. The molecule has 1 aromatic carbocycles. The summed E-state index contributed by atoms with van der Waals surface area (Å²) in [5.41, 5.74) is -0.114. The normalized spacial score (nSPS) is 19.4. The van der Waals surface area contributed by atoms with Gasteiger partial charge in [0.1, 0.15) is 5.82 Å². The summed E-state index contributed by atoms with van der Waals surface area (Å²) < 4.78 is 26.5. The molecule has 1 aromatic rings. The van der Waals surface area contributed by atoms with Crippen LogP contribution in [0.15, 0.2) is 16.6 Å². The zero-order chi connectivity index (χ0) is 13.4. The third-order valence-corrected chi connectivity index (χ3v) is 3.51. The third kappa shape index (κ3) is 2.10. The monoisotopic (exact) mass is 319 g/mol. The van der Waals surface area contributed by atoms with Gasteiger partial charge in [0.25, 0.3) is 0 Å². The average molecular weight is 320 g/mol. The number of nitrogens with zero attached hydrogens (tertiary/aromatic N) is 1. The largest absolute Gasteiger partial charge is 0.481 e. The minimum absolute atomic E-state index is 0.108. The van der Waals surface area contributed by atoms with Crippen molar-refractivity contribution in [2.24, 2.45) is 5.92 Å². The first-order valence-electron chi connectivity index (χ1n) is 5.08. The molecule has 1 amide bonds. The maximum atomic E-state index is 13.8. The number of carbonyl (C=O) groups excluding carboxylic acids is 1. The molecule has 1 aliphatic heterocycles. The van der Waals surface area contributed by atoms with Gasteiger partial charge in [-0.3, -0.25) is 9.59 Å². The van der Waals surface area contributed by atoms with Crippen molar-refractivity contribution in [2.75, 3.05) is 11.4 Å². The molecule has 1 atom stereocenters. The molecule has 0 spiro atoms. The molecular weight excluding hydrogens is 312 g/mol. The van der Waals surface area contributed by atoms with E-state index < -0.39 is 29.4 Å². The van der Waals surface area contributed by atoms with Crippen LogP contribution in [-0.4, -0.2) is 23.5 Å². The Bertz CT molecular complexity index is 535. The quantitative estimate of drug-likeness (QED) is 0.850. The van der Waals surface area contributed by atoms with E-state index in [1.54, 1.807) is 0 Å². The second kappa shape index (κ2) is 4.64. The predicted molar refractivity (Wildman–Crippen MR) is 62.2 cm³/mol. The number of halogens is 3. The Morgan fingerprint density at radius 3 is 2.67 bits per heavy atom. The van der Waals surface area contributed by atoms with Crippen molar-refractivity contribution in [1.82, 2.24) is 0 Å². The first-order valence-corrected chi connectivity index (χ1v) is 5.87. The number of carboxylic acid groups (broad SMARTS) is 1. The Balaban J connectivity index is 2.36. The molecule has 1 unspecified atom stereocenters. The van der Waals surface area contributed by atoms with Crippen molar-refractivity contribution in [2.45, 2.75) is 6.42 Å². The van der Waals surface area contributed by atoms with Crippen LogP contribution in [0.2, 0.25) is 0 Å². The van der Waals surface area contributed by atoms with E-state index in [0.717, 1.165) is 17.0 Å². The maximum absolute atomic E-state index is 13.8. The summed E-state index contributed by atoms with van der Waals surface area (Å²) in [7, 11) is 0. The van der Waals surface area contributed by atoms with Crippen molar-refractivity contribution >= 4 is 33.5 Å². The number of carbonyl (C=O) groups is 2. The summed E-state index contributed by atoms with van der Waals surface area (Å²) in [6.45, 7) is -0.108. The van der Waals surface area contributed by atoms with Gasteiger partial charge in [0.2, 0.25) is 5.91 Å². The van der Waals surface area contributed by atoms with Gasteiger partial charge in [0, 0.05) is 13.0 Å². The number of anilines is 1. The lowest BCUT2D eigenvalue weighted by Crippen LogP contribution is -2.26. The molecule has 1 aliphatic rings. The van der Waals surface area contributed by atoms with Crippen LogP contribution in [0.25, 0.3) is 0 Å². The SMILES string of the molecule is O=C(O)C1CC(=O)N(c2ccc(F)c(Br)c2F)C1. The van der Waals surface area contributed by atoms with Crippen LogP contribution in [0, 0.1) is 17.6 Å². The molecule has 1 N–H and O–H groups in total. The number of carboxylic acids is 1. The molecule has 4 nitrogen and oxygen atoms in total. The maximum Gasteiger partial charge on any atom is 0.308 e. The minimum atomic E-state index is -1.10. The van der Waals surface area contributed by atoms with E-state index >= 15 is 0 Å². The number of hydrogen-bond acceptors (Lipinski definition) is 2. The lowest BCUT2D eigenvalue weighted by atomic mass is 10.1. The molecule has 96 valence electrons. The van der Waals surface area contributed by atoms with Gasteiger partial charge < -0.3 is 10.0 Å². The number of rotatable bonds is 2. The summed E-state index contributed by atoms with van der Waals surface area (Å²) in [5, 5.41) is 8.82. The van der Waals surface area contributed by atoms with E-state index in [9.17, 15) is 18.4 Å². The molecule has 18 heavy (non-hydrogen) atoms. The highest BCUT2D eigenvalue weighted by Gasteiger charge is 2.36. The number of hydrogen-bond donors (Lipinski definition) is 1.